The second kappa shape index (κ2) is 7.54. The summed E-state index contributed by atoms with van der Waals surface area (Å²) in [4.78, 5) is 6.90. The number of rotatable bonds is 5. The number of nitrogens with two attached hydrogens (primary N) is 1. The summed E-state index contributed by atoms with van der Waals surface area (Å²) in [5.74, 6) is 0.587. The number of guanidine groups is 1. The molecule has 4 heteroatoms. The van der Waals surface area contributed by atoms with Crippen LogP contribution in [0.1, 0.15) is 46.5 Å². The Bertz CT molecular complexity index is 240. The molecule has 0 amide bonds. The number of hydrogen-bond acceptors (Lipinski definition) is 2. The molecule has 0 radical (unpaired) electrons. The quantitative estimate of drug-likeness (QED) is 0.566. The van der Waals surface area contributed by atoms with Crippen LogP contribution in [0.15, 0.2) is 4.99 Å². The van der Waals surface area contributed by atoms with Crippen LogP contribution in [0.5, 0.6) is 0 Å². The molecule has 3 N–H and O–H groups in total. The molecule has 0 aromatic heterocycles. The fraction of sp³-hybridized carbons (Fsp3) is 0.923. The zero-order valence-corrected chi connectivity index (χ0v) is 11.6. The summed E-state index contributed by atoms with van der Waals surface area (Å²) in [5, 5.41) is 3.19. The van der Waals surface area contributed by atoms with Gasteiger partial charge in [0.05, 0.1) is 6.54 Å². The molecule has 0 unspecified atom stereocenters. The fourth-order valence-electron chi connectivity index (χ4n) is 2.19. The molecule has 0 aromatic carbocycles. The summed E-state index contributed by atoms with van der Waals surface area (Å²) in [6.07, 6.45) is 5.09. The van der Waals surface area contributed by atoms with Crippen molar-refractivity contribution in [2.45, 2.75) is 58.5 Å². The van der Waals surface area contributed by atoms with E-state index in [0.29, 0.717) is 18.0 Å². The van der Waals surface area contributed by atoms with Gasteiger partial charge in [0.1, 0.15) is 0 Å². The van der Waals surface area contributed by atoms with E-state index in [1.54, 1.807) is 0 Å². The first-order valence-electron chi connectivity index (χ1n) is 6.94. The van der Waals surface area contributed by atoms with Crippen molar-refractivity contribution in [1.82, 2.24) is 10.2 Å². The van der Waals surface area contributed by atoms with Crippen LogP contribution in [-0.4, -0.2) is 42.6 Å². The van der Waals surface area contributed by atoms with Gasteiger partial charge in [-0.3, -0.25) is 9.89 Å². The molecule has 1 rings (SSSR count). The van der Waals surface area contributed by atoms with E-state index >= 15 is 0 Å². The first-order chi connectivity index (χ1) is 8.13. The van der Waals surface area contributed by atoms with Gasteiger partial charge in [0.2, 0.25) is 0 Å². The zero-order chi connectivity index (χ0) is 12.7. The average molecular weight is 240 g/mol. The van der Waals surface area contributed by atoms with Gasteiger partial charge in [-0.25, -0.2) is 0 Å². The normalized spacial score (nSPS) is 24.6. The Morgan fingerprint density at radius 1 is 1.53 bits per heavy atom. The van der Waals surface area contributed by atoms with Crippen molar-refractivity contribution >= 4 is 5.96 Å². The van der Waals surface area contributed by atoms with E-state index in [1.165, 1.54) is 25.8 Å². The first-order valence-corrected chi connectivity index (χ1v) is 6.94. The van der Waals surface area contributed by atoms with Crippen molar-refractivity contribution in [3.8, 4) is 0 Å². The fourth-order valence-corrected chi connectivity index (χ4v) is 2.19. The van der Waals surface area contributed by atoms with Gasteiger partial charge in [-0.15, -0.1) is 0 Å². The smallest absolute Gasteiger partial charge is 0.188 e. The van der Waals surface area contributed by atoms with Gasteiger partial charge in [-0.05, 0) is 39.7 Å². The van der Waals surface area contributed by atoms with Crippen molar-refractivity contribution < 1.29 is 0 Å². The summed E-state index contributed by atoms with van der Waals surface area (Å²) in [6.45, 7) is 9.62. The maximum absolute atomic E-state index is 5.82. The summed E-state index contributed by atoms with van der Waals surface area (Å²) in [6, 6.07) is 1.12. The predicted molar refractivity (Wildman–Crippen MR) is 74.3 cm³/mol. The number of likely N-dealkylation sites (tertiary alicyclic amines) is 1. The van der Waals surface area contributed by atoms with Crippen LogP contribution >= 0.6 is 0 Å². The van der Waals surface area contributed by atoms with Gasteiger partial charge in [0.25, 0.3) is 0 Å². The molecular formula is C13H28N4. The van der Waals surface area contributed by atoms with Crippen LogP contribution < -0.4 is 11.1 Å². The molecule has 1 fully saturated rings. The summed E-state index contributed by atoms with van der Waals surface area (Å²) >= 11 is 0. The second-order valence-corrected chi connectivity index (χ2v) is 5.10. The zero-order valence-electron chi connectivity index (χ0n) is 11.6. The average Bonchev–Trinajstić information content (AvgIpc) is 2.31. The van der Waals surface area contributed by atoms with Crippen molar-refractivity contribution in [3.63, 3.8) is 0 Å². The molecule has 1 aliphatic rings. The lowest BCUT2D eigenvalue weighted by atomic mass is 10.0. The van der Waals surface area contributed by atoms with E-state index in [0.717, 1.165) is 19.5 Å². The van der Waals surface area contributed by atoms with Crippen LogP contribution in [-0.2, 0) is 0 Å². The minimum absolute atomic E-state index is 0.410. The van der Waals surface area contributed by atoms with Gasteiger partial charge < -0.3 is 11.1 Å². The SMILES string of the molecule is CC[C@@H](C)NC(N)=NCCN1CCCC[C@@H]1C. The molecule has 17 heavy (non-hydrogen) atoms. The third kappa shape index (κ3) is 5.39. The van der Waals surface area contributed by atoms with Crippen molar-refractivity contribution in [1.29, 1.82) is 0 Å². The maximum Gasteiger partial charge on any atom is 0.188 e. The summed E-state index contributed by atoms with van der Waals surface area (Å²) in [5.41, 5.74) is 5.82. The van der Waals surface area contributed by atoms with Crippen molar-refractivity contribution in [2.75, 3.05) is 19.6 Å². The third-order valence-electron chi connectivity index (χ3n) is 3.62. The van der Waals surface area contributed by atoms with Gasteiger partial charge >= 0.3 is 0 Å². The molecule has 1 aliphatic heterocycles. The largest absolute Gasteiger partial charge is 0.370 e. The maximum atomic E-state index is 5.82. The molecular weight excluding hydrogens is 212 g/mol. The Hall–Kier alpha value is -0.770. The molecule has 0 saturated carbocycles. The summed E-state index contributed by atoms with van der Waals surface area (Å²) < 4.78 is 0. The predicted octanol–water partition coefficient (Wildman–Crippen LogP) is 1.56. The summed E-state index contributed by atoms with van der Waals surface area (Å²) in [7, 11) is 0. The van der Waals surface area contributed by atoms with Crippen LogP contribution in [0.25, 0.3) is 0 Å². The minimum Gasteiger partial charge on any atom is -0.370 e. The van der Waals surface area contributed by atoms with E-state index in [-0.39, 0.29) is 0 Å². The lowest BCUT2D eigenvalue weighted by Crippen LogP contribution is -2.41. The Balaban J connectivity index is 2.23. The Morgan fingerprint density at radius 2 is 2.29 bits per heavy atom. The van der Waals surface area contributed by atoms with E-state index in [9.17, 15) is 0 Å². The van der Waals surface area contributed by atoms with E-state index in [1.807, 2.05) is 0 Å². The van der Waals surface area contributed by atoms with Crippen LogP contribution in [0.4, 0.5) is 0 Å². The number of piperidine rings is 1. The monoisotopic (exact) mass is 240 g/mol. The molecule has 2 atom stereocenters. The van der Waals surface area contributed by atoms with Crippen molar-refractivity contribution in [2.24, 2.45) is 10.7 Å². The highest BCUT2D eigenvalue weighted by Gasteiger charge is 2.16. The molecule has 1 heterocycles. The number of aliphatic imine (C=N–C) groups is 1. The van der Waals surface area contributed by atoms with Crippen LogP contribution in [0.2, 0.25) is 0 Å². The van der Waals surface area contributed by atoms with Crippen LogP contribution in [0, 0.1) is 0 Å². The van der Waals surface area contributed by atoms with Gasteiger partial charge in [0.15, 0.2) is 5.96 Å². The second-order valence-electron chi connectivity index (χ2n) is 5.10. The van der Waals surface area contributed by atoms with Gasteiger partial charge in [-0.1, -0.05) is 13.3 Å². The standard InChI is InChI=1S/C13H28N4/c1-4-11(2)16-13(14)15-8-10-17-9-6-5-7-12(17)3/h11-12H,4-10H2,1-3H3,(H3,14,15,16)/t11-,12+/m1/s1. The highest BCUT2D eigenvalue weighted by Crippen LogP contribution is 2.15. The van der Waals surface area contributed by atoms with E-state index in [2.05, 4.69) is 36.0 Å². The minimum atomic E-state index is 0.410. The molecule has 0 spiro atoms. The molecule has 4 nitrogen and oxygen atoms in total. The highest BCUT2D eigenvalue weighted by molar-refractivity contribution is 5.78. The highest BCUT2D eigenvalue weighted by atomic mass is 15.2. The molecule has 100 valence electrons. The molecule has 0 bridgehead atoms. The van der Waals surface area contributed by atoms with Gasteiger partial charge in [-0.2, -0.15) is 0 Å². The topological polar surface area (TPSA) is 53.6 Å². The number of nitrogens with zero attached hydrogens (tertiary/aromatic N) is 2. The molecule has 0 aliphatic carbocycles. The third-order valence-corrected chi connectivity index (χ3v) is 3.62. The van der Waals surface area contributed by atoms with Gasteiger partial charge in [0, 0.05) is 18.6 Å². The van der Waals surface area contributed by atoms with E-state index < -0.39 is 0 Å². The van der Waals surface area contributed by atoms with Crippen LogP contribution in [0.3, 0.4) is 0 Å². The molecule has 0 aromatic rings. The Morgan fingerprint density at radius 3 is 2.94 bits per heavy atom. The number of hydrogen-bond donors (Lipinski definition) is 2. The Kier molecular flexibility index (Phi) is 6.34. The lowest BCUT2D eigenvalue weighted by molar-refractivity contribution is 0.166. The van der Waals surface area contributed by atoms with E-state index in [4.69, 9.17) is 5.73 Å². The Labute approximate surface area is 106 Å². The first kappa shape index (κ1) is 14.3. The number of nitrogens with one attached hydrogen (secondary N) is 1. The molecule has 1 saturated heterocycles. The van der Waals surface area contributed by atoms with Crippen molar-refractivity contribution in [3.05, 3.63) is 0 Å². The lowest BCUT2D eigenvalue weighted by Gasteiger charge is -2.32.